The number of nitrogens with one attached hydrogen (secondary N) is 1. The van der Waals surface area contributed by atoms with Gasteiger partial charge in [0.2, 0.25) is 11.8 Å². The van der Waals surface area contributed by atoms with Crippen molar-refractivity contribution in [2.45, 2.75) is 31.4 Å². The summed E-state index contributed by atoms with van der Waals surface area (Å²) in [6.45, 7) is 3.76. The molecule has 1 amide bonds. The van der Waals surface area contributed by atoms with Crippen molar-refractivity contribution in [1.82, 2.24) is 10.3 Å². The number of nitrogens with zero attached hydrogens (tertiary/aromatic N) is 3. The van der Waals surface area contributed by atoms with Crippen LogP contribution in [0.2, 0.25) is 0 Å². The van der Waals surface area contributed by atoms with Crippen LogP contribution in [0.3, 0.4) is 0 Å². The molecule has 0 radical (unpaired) electrons. The maximum atomic E-state index is 13.5. The minimum Gasteiger partial charge on any atom is -0.478 e. The lowest BCUT2D eigenvalue weighted by atomic mass is 9.71. The number of nitriles is 1. The number of rotatable bonds is 8. The number of aromatic nitrogens is 1. The fourth-order valence-corrected chi connectivity index (χ4v) is 5.04. The average molecular weight is 538 g/mol. The zero-order valence-corrected chi connectivity index (χ0v) is 21.6. The molecule has 1 aromatic heterocycles. The van der Waals surface area contributed by atoms with Crippen LogP contribution in [0.25, 0.3) is 11.1 Å². The Morgan fingerprint density at radius 2 is 1.90 bits per heavy atom. The molecule has 1 aliphatic heterocycles. The highest BCUT2D eigenvalue weighted by Gasteiger charge is 2.43. The van der Waals surface area contributed by atoms with Crippen LogP contribution in [0.5, 0.6) is 5.88 Å². The number of benzene rings is 2. The maximum Gasteiger partial charge on any atom is 0.416 e. The lowest BCUT2D eigenvalue weighted by Crippen LogP contribution is -2.52. The normalized spacial score (nSPS) is 14.9. The SMILES string of the molecule is CCOc1ncccc1-c1ccc(C2(C(=O)NCCN)CCN(c3ccc(C(F)(F)F)cc3C#N)CC2)cc1. The molecule has 1 aliphatic rings. The van der Waals surface area contributed by atoms with E-state index in [1.807, 2.05) is 54.3 Å². The molecule has 39 heavy (non-hydrogen) atoms. The van der Waals surface area contributed by atoms with Crippen LogP contribution in [0.15, 0.2) is 60.8 Å². The number of pyridine rings is 1. The van der Waals surface area contributed by atoms with E-state index >= 15 is 0 Å². The standard InChI is InChI=1S/C29H30F3N5O2/c1-2-39-26-24(4-3-14-35-26)20-5-7-22(8-6-20)28(27(38)36-15-13-33)11-16-37(17-12-28)25-10-9-23(29(30,31)32)18-21(25)19-34/h3-10,14,18H,2,11-13,15-17,33H2,1H3,(H,36,38). The minimum absolute atomic E-state index is 0.0455. The molecule has 0 aliphatic carbocycles. The van der Waals surface area contributed by atoms with Crippen LogP contribution in [0, 0.1) is 11.3 Å². The minimum atomic E-state index is -4.53. The first-order valence-electron chi connectivity index (χ1n) is 12.8. The first-order valence-corrected chi connectivity index (χ1v) is 12.8. The second-order valence-corrected chi connectivity index (χ2v) is 9.32. The summed E-state index contributed by atoms with van der Waals surface area (Å²) >= 11 is 0. The number of ether oxygens (including phenoxy) is 1. The van der Waals surface area contributed by atoms with Crippen molar-refractivity contribution in [3.63, 3.8) is 0 Å². The number of amides is 1. The van der Waals surface area contributed by atoms with Gasteiger partial charge >= 0.3 is 6.18 Å². The van der Waals surface area contributed by atoms with E-state index in [1.165, 1.54) is 6.07 Å². The summed E-state index contributed by atoms with van der Waals surface area (Å²) in [6.07, 6.45) is -2.05. The first kappa shape index (κ1) is 27.9. The van der Waals surface area contributed by atoms with Gasteiger partial charge in [0, 0.05) is 37.9 Å². The van der Waals surface area contributed by atoms with E-state index in [4.69, 9.17) is 10.5 Å². The van der Waals surface area contributed by atoms with Crippen LogP contribution in [0.1, 0.15) is 36.5 Å². The summed E-state index contributed by atoms with van der Waals surface area (Å²) in [4.78, 5) is 19.7. The van der Waals surface area contributed by atoms with Crippen molar-refractivity contribution < 1.29 is 22.7 Å². The number of hydrogen-bond donors (Lipinski definition) is 2. The van der Waals surface area contributed by atoms with Gasteiger partial charge in [-0.25, -0.2) is 4.98 Å². The Labute approximate surface area is 225 Å². The van der Waals surface area contributed by atoms with Crippen molar-refractivity contribution in [2.75, 3.05) is 37.7 Å². The zero-order valence-electron chi connectivity index (χ0n) is 21.6. The van der Waals surface area contributed by atoms with E-state index in [0.29, 0.717) is 57.2 Å². The fourth-order valence-electron chi connectivity index (χ4n) is 5.04. The van der Waals surface area contributed by atoms with Gasteiger partial charge in [-0.15, -0.1) is 0 Å². The van der Waals surface area contributed by atoms with Crippen LogP contribution in [0.4, 0.5) is 18.9 Å². The number of carbonyl (C=O) groups excluding carboxylic acids is 1. The lowest BCUT2D eigenvalue weighted by Gasteiger charge is -2.42. The Balaban J connectivity index is 1.63. The quantitative estimate of drug-likeness (QED) is 0.434. The van der Waals surface area contributed by atoms with E-state index in [9.17, 15) is 23.2 Å². The van der Waals surface area contributed by atoms with Gasteiger partial charge in [0.15, 0.2) is 0 Å². The summed E-state index contributed by atoms with van der Waals surface area (Å²) in [5, 5.41) is 12.5. The third-order valence-corrected chi connectivity index (χ3v) is 7.07. The molecule has 2 aromatic carbocycles. The van der Waals surface area contributed by atoms with Gasteiger partial charge in [-0.05, 0) is 61.2 Å². The molecule has 2 heterocycles. The molecule has 0 atom stereocenters. The number of alkyl halides is 3. The molecular formula is C29H30F3N5O2. The molecule has 4 rings (SSSR count). The van der Waals surface area contributed by atoms with Gasteiger partial charge in [0.25, 0.3) is 0 Å². The second kappa shape index (κ2) is 11.7. The van der Waals surface area contributed by atoms with E-state index in [2.05, 4.69) is 10.3 Å². The molecule has 1 saturated heterocycles. The molecule has 3 aromatic rings. The second-order valence-electron chi connectivity index (χ2n) is 9.32. The van der Waals surface area contributed by atoms with E-state index in [1.54, 1.807) is 6.20 Å². The van der Waals surface area contributed by atoms with E-state index < -0.39 is 17.2 Å². The number of carbonyl (C=O) groups is 1. The third kappa shape index (κ3) is 5.83. The van der Waals surface area contributed by atoms with Crippen LogP contribution < -0.4 is 20.7 Å². The Hall–Kier alpha value is -4.10. The largest absolute Gasteiger partial charge is 0.478 e. The Kier molecular flexibility index (Phi) is 8.41. The van der Waals surface area contributed by atoms with Crippen molar-refractivity contribution in [3.8, 4) is 23.1 Å². The molecule has 0 saturated carbocycles. The predicted molar refractivity (Wildman–Crippen MR) is 142 cm³/mol. The summed E-state index contributed by atoms with van der Waals surface area (Å²) in [7, 11) is 0. The number of halogens is 3. The summed E-state index contributed by atoms with van der Waals surface area (Å²) in [6, 6.07) is 16.6. The van der Waals surface area contributed by atoms with Gasteiger partial charge in [-0.3, -0.25) is 4.79 Å². The molecular weight excluding hydrogens is 507 g/mol. The van der Waals surface area contributed by atoms with E-state index in [-0.39, 0.29) is 11.5 Å². The first-order chi connectivity index (χ1) is 18.7. The Bertz CT molecular complexity index is 1340. The van der Waals surface area contributed by atoms with Gasteiger partial charge in [0.1, 0.15) is 6.07 Å². The van der Waals surface area contributed by atoms with Crippen molar-refractivity contribution >= 4 is 11.6 Å². The monoisotopic (exact) mass is 537 g/mol. The van der Waals surface area contributed by atoms with Gasteiger partial charge < -0.3 is 20.7 Å². The molecule has 3 N–H and O–H groups in total. The highest BCUT2D eigenvalue weighted by atomic mass is 19.4. The van der Waals surface area contributed by atoms with Crippen LogP contribution >= 0.6 is 0 Å². The van der Waals surface area contributed by atoms with Crippen molar-refractivity contribution in [3.05, 3.63) is 77.5 Å². The van der Waals surface area contributed by atoms with Crippen LogP contribution in [-0.4, -0.2) is 43.7 Å². The van der Waals surface area contributed by atoms with Gasteiger partial charge in [-0.2, -0.15) is 18.4 Å². The van der Waals surface area contributed by atoms with Gasteiger partial charge in [-0.1, -0.05) is 24.3 Å². The molecule has 7 nitrogen and oxygen atoms in total. The number of piperidine rings is 1. The third-order valence-electron chi connectivity index (χ3n) is 7.07. The molecule has 1 fully saturated rings. The molecule has 0 bridgehead atoms. The number of anilines is 1. The molecule has 0 spiro atoms. The number of nitrogens with two attached hydrogens (primary N) is 1. The summed E-state index contributed by atoms with van der Waals surface area (Å²) < 4.78 is 45.2. The smallest absolute Gasteiger partial charge is 0.416 e. The Morgan fingerprint density at radius 3 is 2.51 bits per heavy atom. The van der Waals surface area contributed by atoms with E-state index in [0.717, 1.165) is 28.8 Å². The van der Waals surface area contributed by atoms with Crippen molar-refractivity contribution in [2.24, 2.45) is 5.73 Å². The zero-order chi connectivity index (χ0) is 28.0. The molecule has 0 unspecified atom stereocenters. The lowest BCUT2D eigenvalue weighted by molar-refractivity contribution is -0.137. The van der Waals surface area contributed by atoms with Crippen molar-refractivity contribution in [1.29, 1.82) is 5.26 Å². The topological polar surface area (TPSA) is 104 Å². The summed E-state index contributed by atoms with van der Waals surface area (Å²) in [5.74, 6) is 0.381. The fraction of sp³-hybridized carbons (Fsp3) is 0.345. The summed E-state index contributed by atoms with van der Waals surface area (Å²) in [5.41, 5.74) is 6.86. The average Bonchev–Trinajstić information content (AvgIpc) is 2.95. The molecule has 10 heteroatoms. The Morgan fingerprint density at radius 1 is 1.18 bits per heavy atom. The maximum absolute atomic E-state index is 13.5. The number of hydrogen-bond acceptors (Lipinski definition) is 6. The highest BCUT2D eigenvalue weighted by molar-refractivity contribution is 5.89. The predicted octanol–water partition coefficient (Wildman–Crippen LogP) is 4.65. The molecule has 204 valence electrons. The highest BCUT2D eigenvalue weighted by Crippen LogP contribution is 2.40. The van der Waals surface area contributed by atoms with Crippen LogP contribution in [-0.2, 0) is 16.4 Å². The van der Waals surface area contributed by atoms with Gasteiger partial charge in [0.05, 0.1) is 28.8 Å².